The lowest BCUT2D eigenvalue weighted by Crippen LogP contribution is -2.04. The van der Waals surface area contributed by atoms with E-state index in [1.807, 2.05) is 0 Å². The fourth-order valence-corrected chi connectivity index (χ4v) is 1.44. The summed E-state index contributed by atoms with van der Waals surface area (Å²) >= 11 is 0. The molecule has 6 nitrogen and oxygen atoms in total. The zero-order chi connectivity index (χ0) is 15.1. The fraction of sp³-hybridized carbons (Fsp3) is 0.286. The van der Waals surface area contributed by atoms with Crippen LogP contribution in [0.5, 0.6) is 0 Å². The number of esters is 1. The number of rotatable bonds is 5. The van der Waals surface area contributed by atoms with E-state index in [-0.39, 0.29) is 29.3 Å². The Morgan fingerprint density at radius 1 is 1.25 bits per heavy atom. The third-order valence-electron chi connectivity index (χ3n) is 2.33. The van der Waals surface area contributed by atoms with E-state index in [1.165, 1.54) is 13.8 Å². The first kappa shape index (κ1) is 15.6. The summed E-state index contributed by atoms with van der Waals surface area (Å²) in [4.78, 5) is 23.0. The summed E-state index contributed by atoms with van der Waals surface area (Å²) in [5.74, 6) is -1.16. The number of benzene rings is 1. The predicted octanol–water partition coefficient (Wildman–Crippen LogP) is 3.33. The van der Waals surface area contributed by atoms with Crippen LogP contribution in [-0.4, -0.2) is 23.5 Å². The van der Waals surface area contributed by atoms with Crippen LogP contribution in [0.15, 0.2) is 46.0 Å². The average molecular weight is 276 g/mol. The number of carbonyl (C=O) groups excluding carboxylic acids is 2. The van der Waals surface area contributed by atoms with E-state index in [0.29, 0.717) is 0 Å². The predicted molar refractivity (Wildman–Crippen MR) is 72.9 cm³/mol. The molecule has 0 aliphatic carbocycles. The molecule has 1 N–H and O–H groups in total. The Balaban J connectivity index is 3.13. The van der Waals surface area contributed by atoms with Crippen molar-refractivity contribution >= 4 is 17.4 Å². The van der Waals surface area contributed by atoms with E-state index in [1.54, 1.807) is 31.2 Å². The highest BCUT2D eigenvalue weighted by Gasteiger charge is 2.12. The van der Waals surface area contributed by atoms with Gasteiger partial charge in [-0.3, -0.25) is 4.79 Å². The molecule has 0 saturated carbocycles. The number of carbonyl (C=O) groups is 2. The van der Waals surface area contributed by atoms with Gasteiger partial charge in [-0.1, -0.05) is 12.1 Å². The number of ketones is 1. The summed E-state index contributed by atoms with van der Waals surface area (Å²) in [7, 11) is 0. The van der Waals surface area contributed by atoms with Crippen LogP contribution in [0, 0.1) is 0 Å². The van der Waals surface area contributed by atoms with Crippen LogP contribution >= 0.6 is 0 Å². The van der Waals surface area contributed by atoms with Crippen LogP contribution < -0.4 is 0 Å². The minimum absolute atomic E-state index is 0.149. The molecule has 0 aromatic heterocycles. The monoisotopic (exact) mass is 276 g/mol. The summed E-state index contributed by atoms with van der Waals surface area (Å²) in [6, 6.07) is 6.47. The Morgan fingerprint density at radius 3 is 2.45 bits per heavy atom. The highest BCUT2D eigenvalue weighted by Crippen LogP contribution is 2.21. The molecule has 0 heterocycles. The molecule has 0 saturated heterocycles. The van der Waals surface area contributed by atoms with Gasteiger partial charge in [0.05, 0.1) is 12.2 Å². The van der Waals surface area contributed by atoms with Crippen molar-refractivity contribution in [1.82, 2.24) is 0 Å². The molecule has 1 aromatic carbocycles. The second kappa shape index (κ2) is 7.18. The molecule has 0 aliphatic heterocycles. The van der Waals surface area contributed by atoms with Gasteiger partial charge in [-0.25, -0.2) is 4.79 Å². The van der Waals surface area contributed by atoms with Gasteiger partial charge in [0.2, 0.25) is 0 Å². The number of ether oxygens (including phenoxy) is 1. The Labute approximate surface area is 116 Å². The summed E-state index contributed by atoms with van der Waals surface area (Å²) in [5, 5.41) is 16.9. The average Bonchev–Trinajstić information content (AvgIpc) is 2.38. The molecule has 0 bridgehead atoms. The molecule has 1 rings (SSSR count). The highest BCUT2D eigenvalue weighted by molar-refractivity contribution is 5.95. The Hall–Kier alpha value is -2.50. The summed E-state index contributed by atoms with van der Waals surface area (Å²) in [6.45, 7) is 4.56. The Morgan fingerprint density at radius 2 is 1.90 bits per heavy atom. The third kappa shape index (κ3) is 4.01. The molecule has 0 radical (unpaired) electrons. The van der Waals surface area contributed by atoms with Gasteiger partial charge < -0.3 is 9.84 Å². The van der Waals surface area contributed by atoms with Crippen molar-refractivity contribution in [1.29, 1.82) is 0 Å². The molecular formula is C14H16N2O4. The van der Waals surface area contributed by atoms with E-state index in [4.69, 9.17) is 4.74 Å². The third-order valence-corrected chi connectivity index (χ3v) is 2.33. The van der Waals surface area contributed by atoms with Crippen LogP contribution in [0.2, 0.25) is 0 Å². The molecule has 0 amide bonds. The van der Waals surface area contributed by atoms with Crippen LogP contribution in [0.1, 0.15) is 31.1 Å². The van der Waals surface area contributed by atoms with E-state index in [9.17, 15) is 14.7 Å². The number of aliphatic hydroxyl groups excluding tert-OH is 1. The summed E-state index contributed by atoms with van der Waals surface area (Å²) in [5.41, 5.74) is 0.367. The minimum Gasteiger partial charge on any atom is -0.510 e. The second-order valence-electron chi connectivity index (χ2n) is 3.93. The summed E-state index contributed by atoms with van der Waals surface area (Å²) < 4.78 is 4.90. The number of aliphatic hydroxyl groups is 1. The number of Topliss-reactive ketones (excluding diaryl/α,β-unsaturated/α-hetero) is 1. The van der Waals surface area contributed by atoms with Crippen LogP contribution in [0.3, 0.4) is 0 Å². The Kier molecular flexibility index (Phi) is 5.58. The molecule has 0 unspecified atom stereocenters. The van der Waals surface area contributed by atoms with E-state index in [2.05, 4.69) is 10.2 Å². The lowest BCUT2D eigenvalue weighted by Gasteiger charge is -2.04. The first-order valence-corrected chi connectivity index (χ1v) is 6.06. The van der Waals surface area contributed by atoms with Gasteiger partial charge in [-0.2, -0.15) is 0 Å². The first-order valence-electron chi connectivity index (χ1n) is 6.06. The van der Waals surface area contributed by atoms with Crippen molar-refractivity contribution in [3.8, 4) is 0 Å². The molecular weight excluding hydrogens is 260 g/mol. The second-order valence-corrected chi connectivity index (χ2v) is 3.93. The first-order chi connectivity index (χ1) is 9.47. The van der Waals surface area contributed by atoms with Crippen molar-refractivity contribution in [2.24, 2.45) is 10.2 Å². The Bertz CT molecular complexity index is 572. The molecule has 0 fully saturated rings. The molecule has 0 aliphatic rings. The van der Waals surface area contributed by atoms with Gasteiger partial charge in [0.1, 0.15) is 11.4 Å². The van der Waals surface area contributed by atoms with E-state index in [0.717, 1.165) is 0 Å². The quantitative estimate of drug-likeness (QED) is 0.386. The molecule has 0 spiro atoms. The maximum Gasteiger partial charge on any atom is 0.340 e. The lowest BCUT2D eigenvalue weighted by molar-refractivity contribution is -0.113. The van der Waals surface area contributed by atoms with Gasteiger partial charge >= 0.3 is 5.97 Å². The van der Waals surface area contributed by atoms with Gasteiger partial charge in [0.25, 0.3) is 0 Å². The van der Waals surface area contributed by atoms with Gasteiger partial charge in [-0.15, -0.1) is 10.2 Å². The number of allylic oxidation sites excluding steroid dienone is 2. The van der Waals surface area contributed by atoms with E-state index >= 15 is 0 Å². The number of nitrogens with zero attached hydrogens (tertiary/aromatic N) is 2. The number of azo groups is 1. The molecule has 1 aromatic rings. The fourth-order valence-electron chi connectivity index (χ4n) is 1.44. The molecule has 6 heteroatoms. The van der Waals surface area contributed by atoms with Crippen molar-refractivity contribution in [3.63, 3.8) is 0 Å². The SMILES string of the molecule is CCOC(=O)c1ccccc1N=N/C(C(C)=O)=C(\C)O. The zero-order valence-corrected chi connectivity index (χ0v) is 11.6. The topological polar surface area (TPSA) is 88.3 Å². The summed E-state index contributed by atoms with van der Waals surface area (Å²) in [6.07, 6.45) is 0. The standard InChI is InChI=1S/C14H16N2O4/c1-4-20-14(19)11-7-5-6-8-12(11)15-16-13(9(2)17)10(3)18/h5-8,17H,4H2,1-3H3/b13-9+,16-15?. The van der Waals surface area contributed by atoms with Crippen molar-refractivity contribution in [2.75, 3.05) is 6.61 Å². The zero-order valence-electron chi connectivity index (χ0n) is 11.6. The van der Waals surface area contributed by atoms with Crippen LogP contribution in [0.4, 0.5) is 5.69 Å². The van der Waals surface area contributed by atoms with Crippen LogP contribution in [0.25, 0.3) is 0 Å². The minimum atomic E-state index is -0.517. The van der Waals surface area contributed by atoms with E-state index < -0.39 is 11.8 Å². The lowest BCUT2D eigenvalue weighted by atomic mass is 10.2. The van der Waals surface area contributed by atoms with Gasteiger partial charge in [0.15, 0.2) is 11.5 Å². The molecule has 0 atom stereocenters. The van der Waals surface area contributed by atoms with Crippen molar-refractivity contribution in [2.45, 2.75) is 20.8 Å². The normalized spacial score (nSPS) is 12.2. The number of hydrogen-bond acceptors (Lipinski definition) is 6. The molecule has 106 valence electrons. The van der Waals surface area contributed by atoms with Crippen molar-refractivity contribution < 1.29 is 19.4 Å². The van der Waals surface area contributed by atoms with Crippen LogP contribution in [-0.2, 0) is 9.53 Å². The maximum atomic E-state index is 11.7. The largest absolute Gasteiger partial charge is 0.510 e. The highest BCUT2D eigenvalue weighted by atomic mass is 16.5. The van der Waals surface area contributed by atoms with Gasteiger partial charge in [-0.05, 0) is 26.0 Å². The smallest absolute Gasteiger partial charge is 0.340 e. The number of hydrogen-bond donors (Lipinski definition) is 1. The van der Waals surface area contributed by atoms with Gasteiger partial charge in [0, 0.05) is 6.92 Å². The van der Waals surface area contributed by atoms with Crippen molar-refractivity contribution in [3.05, 3.63) is 41.3 Å². The maximum absolute atomic E-state index is 11.7. The molecule has 20 heavy (non-hydrogen) atoms.